The first-order valence-corrected chi connectivity index (χ1v) is 5.34. The zero-order valence-corrected chi connectivity index (χ0v) is 9.39. The van der Waals surface area contributed by atoms with Crippen molar-refractivity contribution in [2.75, 3.05) is 0 Å². The van der Waals surface area contributed by atoms with Crippen molar-refractivity contribution in [3.05, 3.63) is 71.5 Å². The molecule has 0 bridgehead atoms. The van der Waals surface area contributed by atoms with E-state index in [9.17, 15) is 14.0 Å². The molecule has 0 aliphatic heterocycles. The van der Waals surface area contributed by atoms with Gasteiger partial charge in [-0.3, -0.25) is 14.9 Å². The topological polar surface area (TPSA) is 46.2 Å². The standard InChI is InChI=1S/C14H10FNO2/c15-12-9-5-4-8-11(12)14(18)16-13(17)10-6-2-1-3-7-10/h1-9H,(H,16,17,18). The lowest BCUT2D eigenvalue weighted by Crippen LogP contribution is -2.31. The lowest BCUT2D eigenvalue weighted by molar-refractivity contribution is 0.0847. The van der Waals surface area contributed by atoms with Crippen LogP contribution < -0.4 is 5.32 Å². The van der Waals surface area contributed by atoms with E-state index in [1.165, 1.54) is 24.3 Å². The lowest BCUT2D eigenvalue weighted by Gasteiger charge is -2.04. The van der Waals surface area contributed by atoms with Crippen LogP contribution in [0.2, 0.25) is 0 Å². The molecule has 0 radical (unpaired) electrons. The van der Waals surface area contributed by atoms with Crippen molar-refractivity contribution in [3.63, 3.8) is 0 Å². The van der Waals surface area contributed by atoms with E-state index in [0.29, 0.717) is 5.56 Å². The Hall–Kier alpha value is -2.49. The number of halogens is 1. The highest BCUT2D eigenvalue weighted by Gasteiger charge is 2.14. The van der Waals surface area contributed by atoms with Gasteiger partial charge in [-0.15, -0.1) is 0 Å². The molecule has 2 amide bonds. The van der Waals surface area contributed by atoms with Gasteiger partial charge in [-0.05, 0) is 24.3 Å². The van der Waals surface area contributed by atoms with Gasteiger partial charge in [-0.2, -0.15) is 0 Å². The van der Waals surface area contributed by atoms with Crippen molar-refractivity contribution in [1.82, 2.24) is 5.32 Å². The van der Waals surface area contributed by atoms with Crippen molar-refractivity contribution < 1.29 is 14.0 Å². The first-order valence-electron chi connectivity index (χ1n) is 5.34. The maximum Gasteiger partial charge on any atom is 0.261 e. The van der Waals surface area contributed by atoms with Gasteiger partial charge < -0.3 is 0 Å². The van der Waals surface area contributed by atoms with Gasteiger partial charge in [0, 0.05) is 5.56 Å². The molecule has 2 aromatic carbocycles. The van der Waals surface area contributed by atoms with Gasteiger partial charge in [-0.1, -0.05) is 30.3 Å². The third-order valence-electron chi connectivity index (χ3n) is 2.38. The smallest absolute Gasteiger partial charge is 0.261 e. The monoisotopic (exact) mass is 243 g/mol. The summed E-state index contributed by atoms with van der Waals surface area (Å²) in [5, 5.41) is 2.14. The SMILES string of the molecule is O=C(NC(=O)c1ccccc1F)c1ccccc1. The molecule has 2 aromatic rings. The second kappa shape index (κ2) is 5.23. The molecular formula is C14H10FNO2. The summed E-state index contributed by atoms with van der Waals surface area (Å²) in [5.74, 6) is -1.96. The minimum Gasteiger partial charge on any atom is -0.288 e. The van der Waals surface area contributed by atoms with E-state index in [1.807, 2.05) is 0 Å². The highest BCUT2D eigenvalue weighted by atomic mass is 19.1. The van der Waals surface area contributed by atoms with E-state index in [4.69, 9.17) is 0 Å². The summed E-state index contributed by atoms with van der Waals surface area (Å²) < 4.78 is 13.3. The van der Waals surface area contributed by atoms with Crippen LogP contribution in [-0.4, -0.2) is 11.8 Å². The fraction of sp³-hybridized carbons (Fsp3) is 0. The molecule has 0 saturated heterocycles. The molecule has 0 unspecified atom stereocenters. The Morgan fingerprint density at radius 1 is 0.833 bits per heavy atom. The van der Waals surface area contributed by atoms with E-state index in [1.54, 1.807) is 30.3 Å². The van der Waals surface area contributed by atoms with Gasteiger partial charge in [0.05, 0.1) is 5.56 Å². The van der Waals surface area contributed by atoms with Gasteiger partial charge in [0.25, 0.3) is 11.8 Å². The van der Waals surface area contributed by atoms with Crippen molar-refractivity contribution >= 4 is 11.8 Å². The number of carbonyl (C=O) groups is 2. The molecule has 0 aromatic heterocycles. The largest absolute Gasteiger partial charge is 0.288 e. The van der Waals surface area contributed by atoms with E-state index in [2.05, 4.69) is 5.32 Å². The summed E-state index contributed by atoms with van der Waals surface area (Å²) >= 11 is 0. The lowest BCUT2D eigenvalue weighted by atomic mass is 10.1. The summed E-state index contributed by atoms with van der Waals surface area (Å²) in [6.07, 6.45) is 0. The summed E-state index contributed by atoms with van der Waals surface area (Å²) in [4.78, 5) is 23.4. The number of hydrogen-bond acceptors (Lipinski definition) is 2. The van der Waals surface area contributed by atoms with Crippen LogP contribution in [0.15, 0.2) is 54.6 Å². The van der Waals surface area contributed by atoms with Crippen LogP contribution in [0.4, 0.5) is 4.39 Å². The Balaban J connectivity index is 2.14. The molecule has 1 N–H and O–H groups in total. The number of carbonyl (C=O) groups excluding carboxylic acids is 2. The summed E-state index contributed by atoms with van der Waals surface area (Å²) in [5.41, 5.74) is 0.198. The molecule has 0 fully saturated rings. The van der Waals surface area contributed by atoms with E-state index < -0.39 is 17.6 Å². The molecule has 0 atom stereocenters. The van der Waals surface area contributed by atoms with Crippen LogP contribution in [0.3, 0.4) is 0 Å². The highest BCUT2D eigenvalue weighted by Crippen LogP contribution is 2.06. The number of hydrogen-bond donors (Lipinski definition) is 1. The third-order valence-corrected chi connectivity index (χ3v) is 2.38. The number of imide groups is 1. The zero-order valence-electron chi connectivity index (χ0n) is 9.39. The van der Waals surface area contributed by atoms with Crippen molar-refractivity contribution in [2.45, 2.75) is 0 Å². The van der Waals surface area contributed by atoms with Gasteiger partial charge in [0.2, 0.25) is 0 Å². The predicted octanol–water partition coefficient (Wildman–Crippen LogP) is 2.40. The van der Waals surface area contributed by atoms with E-state index >= 15 is 0 Å². The Labute approximate surface area is 103 Å². The van der Waals surface area contributed by atoms with E-state index in [-0.39, 0.29) is 5.56 Å². The van der Waals surface area contributed by atoms with Crippen LogP contribution >= 0.6 is 0 Å². The quantitative estimate of drug-likeness (QED) is 0.823. The van der Waals surface area contributed by atoms with Crippen LogP contribution in [0.25, 0.3) is 0 Å². The van der Waals surface area contributed by atoms with E-state index in [0.717, 1.165) is 0 Å². The molecule has 18 heavy (non-hydrogen) atoms. The number of benzene rings is 2. The highest BCUT2D eigenvalue weighted by molar-refractivity contribution is 6.10. The van der Waals surface area contributed by atoms with Gasteiger partial charge in [-0.25, -0.2) is 4.39 Å². The minimum atomic E-state index is -0.748. The van der Waals surface area contributed by atoms with Crippen LogP contribution in [0.5, 0.6) is 0 Å². The molecule has 0 aliphatic rings. The van der Waals surface area contributed by atoms with Gasteiger partial charge in [0.1, 0.15) is 5.82 Å². The molecule has 3 nitrogen and oxygen atoms in total. The molecule has 0 saturated carbocycles. The minimum absolute atomic E-state index is 0.151. The van der Waals surface area contributed by atoms with Gasteiger partial charge >= 0.3 is 0 Å². The van der Waals surface area contributed by atoms with Crippen molar-refractivity contribution in [1.29, 1.82) is 0 Å². The normalized spacial score (nSPS) is 9.83. The summed E-state index contributed by atoms with van der Waals surface area (Å²) in [6.45, 7) is 0. The molecule has 0 aliphatic carbocycles. The molecule has 0 heterocycles. The first-order chi connectivity index (χ1) is 8.68. The molecular weight excluding hydrogens is 233 g/mol. The molecule has 2 rings (SSSR count). The van der Waals surface area contributed by atoms with Crippen molar-refractivity contribution in [2.24, 2.45) is 0 Å². The average molecular weight is 243 g/mol. The molecule has 90 valence electrons. The predicted molar refractivity (Wildman–Crippen MR) is 64.6 cm³/mol. The zero-order chi connectivity index (χ0) is 13.0. The first kappa shape index (κ1) is 12.0. The average Bonchev–Trinajstić information content (AvgIpc) is 2.40. The van der Waals surface area contributed by atoms with Crippen LogP contribution in [-0.2, 0) is 0 Å². The third kappa shape index (κ3) is 2.60. The number of rotatable bonds is 2. The maximum atomic E-state index is 13.3. The summed E-state index contributed by atoms with van der Waals surface area (Å²) in [7, 11) is 0. The van der Waals surface area contributed by atoms with Crippen molar-refractivity contribution in [3.8, 4) is 0 Å². The van der Waals surface area contributed by atoms with Crippen LogP contribution in [0, 0.1) is 5.82 Å². The Morgan fingerprint density at radius 3 is 2.11 bits per heavy atom. The van der Waals surface area contributed by atoms with Crippen LogP contribution in [0.1, 0.15) is 20.7 Å². The second-order valence-corrected chi connectivity index (χ2v) is 3.63. The molecule has 4 heteroatoms. The Bertz CT molecular complexity index is 581. The maximum absolute atomic E-state index is 13.3. The Morgan fingerprint density at radius 2 is 1.44 bits per heavy atom. The van der Waals surface area contributed by atoms with Gasteiger partial charge in [0.15, 0.2) is 0 Å². The number of nitrogens with one attached hydrogen (secondary N) is 1. The summed E-state index contributed by atoms with van der Waals surface area (Å²) in [6, 6.07) is 13.8. The molecule has 0 spiro atoms. The second-order valence-electron chi connectivity index (χ2n) is 3.63. The fourth-order valence-corrected chi connectivity index (χ4v) is 1.48. The Kier molecular flexibility index (Phi) is 3.48. The fourth-order valence-electron chi connectivity index (χ4n) is 1.48. The number of amides is 2.